The van der Waals surface area contributed by atoms with E-state index in [1.807, 2.05) is 6.07 Å². The van der Waals surface area contributed by atoms with Crippen LogP contribution in [0.5, 0.6) is 5.75 Å². The summed E-state index contributed by atoms with van der Waals surface area (Å²) in [7, 11) is 1.62. The molecule has 0 aliphatic carbocycles. The fraction of sp³-hybridized carbons (Fsp3) is 0.571. The molecule has 1 aliphatic heterocycles. The first-order valence-corrected chi connectivity index (χ1v) is 6.25. The maximum Gasteiger partial charge on any atom is 0.129 e. The van der Waals surface area contributed by atoms with Crippen molar-refractivity contribution < 1.29 is 9.13 Å². The van der Waals surface area contributed by atoms with Gasteiger partial charge in [0.05, 0.1) is 7.11 Å². The van der Waals surface area contributed by atoms with Crippen LogP contribution in [-0.2, 0) is 6.42 Å². The number of nitrogens with one attached hydrogen (secondary N) is 1. The van der Waals surface area contributed by atoms with Crippen molar-refractivity contribution in [1.29, 1.82) is 0 Å². The van der Waals surface area contributed by atoms with Gasteiger partial charge in [0.1, 0.15) is 11.6 Å². The topological polar surface area (TPSA) is 21.3 Å². The van der Waals surface area contributed by atoms with Crippen LogP contribution in [0.15, 0.2) is 12.1 Å². The van der Waals surface area contributed by atoms with Crippen molar-refractivity contribution in [2.24, 2.45) is 5.92 Å². The second-order valence-corrected chi connectivity index (χ2v) is 4.78. The normalized spacial score (nSPS) is 20.3. The molecule has 1 saturated heterocycles. The van der Waals surface area contributed by atoms with Gasteiger partial charge in [0.15, 0.2) is 0 Å². The predicted octanol–water partition coefficient (Wildman–Crippen LogP) is 2.68. The van der Waals surface area contributed by atoms with E-state index in [0.29, 0.717) is 11.5 Å². The van der Waals surface area contributed by atoms with E-state index in [2.05, 4.69) is 5.32 Å². The van der Waals surface area contributed by atoms with Crippen LogP contribution in [0.25, 0.3) is 0 Å². The SMILES string of the molecule is COc1c(CC2CCCNC2)ccc(F)c1C. The van der Waals surface area contributed by atoms with Gasteiger partial charge in [0.2, 0.25) is 0 Å². The highest BCUT2D eigenvalue weighted by atomic mass is 19.1. The lowest BCUT2D eigenvalue weighted by atomic mass is 9.91. The zero-order valence-electron chi connectivity index (χ0n) is 10.6. The molecule has 0 spiro atoms. The van der Waals surface area contributed by atoms with E-state index in [1.165, 1.54) is 12.8 Å². The van der Waals surface area contributed by atoms with Crippen molar-refractivity contribution in [3.8, 4) is 5.75 Å². The number of ether oxygens (including phenoxy) is 1. The van der Waals surface area contributed by atoms with Crippen LogP contribution in [-0.4, -0.2) is 20.2 Å². The quantitative estimate of drug-likeness (QED) is 0.872. The molecule has 0 radical (unpaired) electrons. The van der Waals surface area contributed by atoms with Gasteiger partial charge in [-0.25, -0.2) is 4.39 Å². The average molecular weight is 237 g/mol. The molecule has 1 atom stereocenters. The van der Waals surface area contributed by atoms with Gasteiger partial charge in [-0.3, -0.25) is 0 Å². The minimum Gasteiger partial charge on any atom is -0.496 e. The standard InChI is InChI=1S/C14H20FNO/c1-10-13(15)6-5-12(14(10)17-2)8-11-4-3-7-16-9-11/h5-6,11,16H,3-4,7-9H2,1-2H3. The summed E-state index contributed by atoms with van der Waals surface area (Å²) >= 11 is 0. The highest BCUT2D eigenvalue weighted by Gasteiger charge is 2.17. The van der Waals surface area contributed by atoms with Crippen molar-refractivity contribution in [3.63, 3.8) is 0 Å². The highest BCUT2D eigenvalue weighted by molar-refractivity contribution is 5.42. The van der Waals surface area contributed by atoms with E-state index < -0.39 is 0 Å². The summed E-state index contributed by atoms with van der Waals surface area (Å²) in [5, 5.41) is 3.40. The van der Waals surface area contributed by atoms with E-state index >= 15 is 0 Å². The Morgan fingerprint density at radius 3 is 2.94 bits per heavy atom. The monoisotopic (exact) mass is 237 g/mol. The Labute approximate surface area is 102 Å². The number of benzene rings is 1. The van der Waals surface area contributed by atoms with Gasteiger partial charge < -0.3 is 10.1 Å². The Morgan fingerprint density at radius 1 is 1.47 bits per heavy atom. The summed E-state index contributed by atoms with van der Waals surface area (Å²) in [5.74, 6) is 1.17. The molecular formula is C14H20FNO. The molecule has 1 aromatic rings. The minimum atomic E-state index is -0.188. The summed E-state index contributed by atoms with van der Waals surface area (Å²) in [4.78, 5) is 0. The first kappa shape index (κ1) is 12.4. The van der Waals surface area contributed by atoms with Gasteiger partial charge >= 0.3 is 0 Å². The number of hydrogen-bond donors (Lipinski definition) is 1. The van der Waals surface area contributed by atoms with Crippen molar-refractivity contribution in [3.05, 3.63) is 29.1 Å². The molecule has 17 heavy (non-hydrogen) atoms. The third-order valence-corrected chi connectivity index (χ3v) is 3.53. The largest absolute Gasteiger partial charge is 0.496 e. The molecule has 1 unspecified atom stereocenters. The van der Waals surface area contributed by atoms with Crippen LogP contribution in [0.4, 0.5) is 4.39 Å². The fourth-order valence-corrected chi connectivity index (χ4v) is 2.58. The van der Waals surface area contributed by atoms with Crippen molar-refractivity contribution >= 4 is 0 Å². The van der Waals surface area contributed by atoms with Gasteiger partial charge in [-0.2, -0.15) is 0 Å². The molecule has 2 rings (SSSR count). The van der Waals surface area contributed by atoms with Gasteiger partial charge in [0.25, 0.3) is 0 Å². The Hall–Kier alpha value is -1.09. The molecule has 0 bridgehead atoms. The molecule has 94 valence electrons. The summed E-state index contributed by atoms with van der Waals surface area (Å²) in [6.45, 7) is 3.95. The van der Waals surface area contributed by atoms with E-state index in [4.69, 9.17) is 4.74 Å². The zero-order valence-corrected chi connectivity index (χ0v) is 10.6. The van der Waals surface area contributed by atoms with E-state index in [0.717, 1.165) is 30.8 Å². The van der Waals surface area contributed by atoms with Crippen molar-refractivity contribution in [1.82, 2.24) is 5.32 Å². The number of methoxy groups -OCH3 is 1. The lowest BCUT2D eigenvalue weighted by molar-refractivity contribution is 0.362. The van der Waals surface area contributed by atoms with Gasteiger partial charge in [-0.1, -0.05) is 6.07 Å². The average Bonchev–Trinajstić information content (AvgIpc) is 2.36. The summed E-state index contributed by atoms with van der Waals surface area (Å²) in [6.07, 6.45) is 3.44. The van der Waals surface area contributed by atoms with Crippen LogP contribution in [0.3, 0.4) is 0 Å². The molecular weight excluding hydrogens is 217 g/mol. The maximum atomic E-state index is 13.4. The molecule has 1 N–H and O–H groups in total. The van der Waals surface area contributed by atoms with Gasteiger partial charge in [0, 0.05) is 5.56 Å². The zero-order chi connectivity index (χ0) is 12.3. The number of hydrogen-bond acceptors (Lipinski definition) is 2. The lowest BCUT2D eigenvalue weighted by Gasteiger charge is -2.24. The molecule has 1 heterocycles. The second-order valence-electron chi connectivity index (χ2n) is 4.78. The van der Waals surface area contributed by atoms with Crippen molar-refractivity contribution in [2.45, 2.75) is 26.2 Å². The molecule has 1 aliphatic rings. The van der Waals surface area contributed by atoms with Gasteiger partial charge in [-0.05, 0) is 56.8 Å². The molecule has 0 aromatic heterocycles. The van der Waals surface area contributed by atoms with Crippen LogP contribution >= 0.6 is 0 Å². The van der Waals surface area contributed by atoms with Crippen LogP contribution in [0.2, 0.25) is 0 Å². The molecule has 1 fully saturated rings. The van der Waals surface area contributed by atoms with Gasteiger partial charge in [-0.15, -0.1) is 0 Å². The molecule has 0 amide bonds. The number of piperidine rings is 1. The summed E-state index contributed by atoms with van der Waals surface area (Å²) < 4.78 is 18.8. The third kappa shape index (κ3) is 2.78. The Balaban J connectivity index is 2.17. The maximum absolute atomic E-state index is 13.4. The molecule has 3 heteroatoms. The Kier molecular flexibility index (Phi) is 4.00. The molecule has 1 aromatic carbocycles. The summed E-state index contributed by atoms with van der Waals surface area (Å²) in [5.41, 5.74) is 1.74. The Bertz CT molecular complexity index is 386. The highest BCUT2D eigenvalue weighted by Crippen LogP contribution is 2.29. The second kappa shape index (κ2) is 5.50. The van der Waals surface area contributed by atoms with E-state index in [-0.39, 0.29) is 5.82 Å². The smallest absolute Gasteiger partial charge is 0.129 e. The van der Waals surface area contributed by atoms with Crippen LogP contribution in [0, 0.1) is 18.7 Å². The lowest BCUT2D eigenvalue weighted by Crippen LogP contribution is -2.30. The first-order valence-electron chi connectivity index (χ1n) is 6.25. The Morgan fingerprint density at radius 2 is 2.29 bits per heavy atom. The number of halogens is 1. The third-order valence-electron chi connectivity index (χ3n) is 3.53. The minimum absolute atomic E-state index is 0.188. The number of rotatable bonds is 3. The van der Waals surface area contributed by atoms with Crippen LogP contribution < -0.4 is 10.1 Å². The summed E-state index contributed by atoms with van der Waals surface area (Å²) in [6, 6.07) is 3.40. The van der Waals surface area contributed by atoms with E-state index in [1.54, 1.807) is 20.1 Å². The van der Waals surface area contributed by atoms with E-state index in [9.17, 15) is 4.39 Å². The predicted molar refractivity (Wildman–Crippen MR) is 67.0 cm³/mol. The fourth-order valence-electron chi connectivity index (χ4n) is 2.58. The van der Waals surface area contributed by atoms with Crippen LogP contribution in [0.1, 0.15) is 24.0 Å². The molecule has 0 saturated carbocycles. The van der Waals surface area contributed by atoms with Crippen molar-refractivity contribution in [2.75, 3.05) is 20.2 Å². The molecule has 2 nitrogen and oxygen atoms in total. The first-order chi connectivity index (χ1) is 8.22.